The number of carbonyl (C=O) groups excluding carboxylic acids is 3. The molecule has 0 unspecified atom stereocenters. The third-order valence-corrected chi connectivity index (χ3v) is 6.29. The van der Waals surface area contributed by atoms with Gasteiger partial charge in [0.25, 0.3) is 0 Å². The average Bonchev–Trinajstić information content (AvgIpc) is 2.93. The standard InChI is InChI=1S/3C10H11F7O2.Nd/c3*1-7(2,3)5(18)4-6(19)8(11,12)9(13,14)10(15,16)17;/h3*4,18H,1-3H3;. The Morgan fingerprint density at radius 2 is 0.448 bits per heavy atom. The zero-order valence-corrected chi connectivity index (χ0v) is 33.9. The maximum atomic E-state index is 12.9. The summed E-state index contributed by atoms with van der Waals surface area (Å²) in [6.45, 7) is 11.2. The van der Waals surface area contributed by atoms with Crippen LogP contribution >= 0.6 is 0 Å². The molecule has 0 amide bonds. The number of alkyl halides is 21. The van der Waals surface area contributed by atoms with Gasteiger partial charge in [-0.1, -0.05) is 62.3 Å². The van der Waals surface area contributed by atoms with Crippen molar-refractivity contribution in [2.45, 2.75) is 116 Å². The topological polar surface area (TPSA) is 112 Å². The molecular formula is C30H33F21NdO6. The Labute approximate surface area is 347 Å². The Balaban J connectivity index is -0.000000374. The summed E-state index contributed by atoms with van der Waals surface area (Å²) in [7, 11) is 0. The maximum absolute atomic E-state index is 12.9. The molecule has 0 radical (unpaired) electrons. The van der Waals surface area contributed by atoms with Gasteiger partial charge in [0, 0.05) is 75.3 Å². The first-order valence-electron chi connectivity index (χ1n) is 14.5. The molecule has 58 heavy (non-hydrogen) atoms. The summed E-state index contributed by atoms with van der Waals surface area (Å²) in [5, 5.41) is 27.5. The molecule has 0 bridgehead atoms. The van der Waals surface area contributed by atoms with E-state index in [1.54, 1.807) is 0 Å². The third-order valence-electron chi connectivity index (χ3n) is 6.29. The number of ketones is 3. The summed E-state index contributed by atoms with van der Waals surface area (Å²) in [5.74, 6) is -49.1. The van der Waals surface area contributed by atoms with Gasteiger partial charge in [-0.15, -0.1) is 0 Å². The summed E-state index contributed by atoms with van der Waals surface area (Å²) in [6.07, 6.45) is -20.7. The van der Waals surface area contributed by atoms with Crippen LogP contribution in [0.25, 0.3) is 0 Å². The monoisotopic (exact) mass is 1030 g/mol. The number of aliphatic hydroxyl groups is 3. The van der Waals surface area contributed by atoms with Crippen molar-refractivity contribution in [1.82, 2.24) is 0 Å². The molecule has 0 aliphatic heterocycles. The fourth-order valence-corrected chi connectivity index (χ4v) is 2.29. The fraction of sp³-hybridized carbons (Fsp3) is 0.700. The SMILES string of the molecule is CC(C)(C)C(O)=CC(=O)C(F)(F)C(F)(F)C(F)(F)F.CC(C)(C)C(O)=CC(=O)C(F)(F)C(F)(F)C(F)(F)F.CC(C)(C)C(O)=CC(=O)C(F)(F)C(F)(F)C(F)(F)F.[Nd]. The molecule has 0 aromatic carbocycles. The maximum Gasteiger partial charge on any atom is 0.460 e. The van der Waals surface area contributed by atoms with E-state index in [1.165, 1.54) is 62.3 Å². The van der Waals surface area contributed by atoms with Gasteiger partial charge < -0.3 is 15.3 Å². The van der Waals surface area contributed by atoms with Crippen molar-refractivity contribution < 1.29 is 163 Å². The third kappa shape index (κ3) is 14.9. The zero-order chi connectivity index (χ0) is 47.6. The largest absolute Gasteiger partial charge is 0.512 e. The van der Waals surface area contributed by atoms with Crippen LogP contribution in [-0.4, -0.2) is 86.7 Å². The molecule has 0 spiro atoms. The Hall–Kier alpha value is -2.49. The zero-order valence-electron chi connectivity index (χ0n) is 30.7. The molecule has 340 valence electrons. The van der Waals surface area contributed by atoms with Crippen molar-refractivity contribution in [3.05, 3.63) is 35.5 Å². The van der Waals surface area contributed by atoms with Crippen LogP contribution < -0.4 is 0 Å². The molecule has 0 aliphatic carbocycles. The van der Waals surface area contributed by atoms with Crippen molar-refractivity contribution in [2.24, 2.45) is 16.2 Å². The second kappa shape index (κ2) is 19.1. The molecule has 0 heterocycles. The van der Waals surface area contributed by atoms with Gasteiger partial charge in [-0.25, -0.2) is 0 Å². The second-order valence-electron chi connectivity index (χ2n) is 14.4. The van der Waals surface area contributed by atoms with E-state index in [4.69, 9.17) is 15.3 Å². The van der Waals surface area contributed by atoms with E-state index >= 15 is 0 Å². The van der Waals surface area contributed by atoms with Crippen molar-refractivity contribution in [3.8, 4) is 0 Å². The Morgan fingerprint density at radius 1 is 0.328 bits per heavy atom. The summed E-state index contributed by atoms with van der Waals surface area (Å²) < 4.78 is 258. The van der Waals surface area contributed by atoms with Crippen LogP contribution in [0.3, 0.4) is 0 Å². The second-order valence-corrected chi connectivity index (χ2v) is 14.4. The molecule has 0 aliphatic rings. The number of allylic oxidation sites excluding steroid dienone is 6. The quantitative estimate of drug-likeness (QED) is 0.121. The first-order valence-corrected chi connectivity index (χ1v) is 14.5. The van der Waals surface area contributed by atoms with Gasteiger partial charge in [-0.2, -0.15) is 92.2 Å². The van der Waals surface area contributed by atoms with Crippen molar-refractivity contribution in [2.75, 3.05) is 0 Å². The molecule has 0 atom stereocenters. The Bertz CT molecular complexity index is 1350. The molecule has 0 aromatic rings. The normalized spacial score (nSPS) is 15.3. The summed E-state index contributed by atoms with van der Waals surface area (Å²) >= 11 is 0. The number of aliphatic hydroxyl groups excluding tert-OH is 3. The first-order chi connectivity index (χ1) is 24.1. The van der Waals surface area contributed by atoms with Gasteiger partial charge in [0.2, 0.25) is 17.3 Å². The molecule has 3 N–H and O–H groups in total. The van der Waals surface area contributed by atoms with E-state index in [9.17, 15) is 107 Å². The molecule has 6 nitrogen and oxygen atoms in total. The van der Waals surface area contributed by atoms with Gasteiger partial charge in [0.15, 0.2) is 0 Å². The van der Waals surface area contributed by atoms with Crippen LogP contribution in [0.4, 0.5) is 92.2 Å². The summed E-state index contributed by atoms with van der Waals surface area (Å²) in [4.78, 5) is 32.5. The minimum atomic E-state index is -6.59. The minimum absolute atomic E-state index is 0. The van der Waals surface area contributed by atoms with Crippen LogP contribution in [0.5, 0.6) is 0 Å². The van der Waals surface area contributed by atoms with Crippen molar-refractivity contribution in [1.29, 1.82) is 0 Å². The van der Waals surface area contributed by atoms with Gasteiger partial charge >= 0.3 is 54.1 Å². The average molecular weight is 1030 g/mol. The number of hydrogen-bond acceptors (Lipinski definition) is 6. The fourth-order valence-electron chi connectivity index (χ4n) is 2.29. The van der Waals surface area contributed by atoms with Crippen molar-refractivity contribution >= 4 is 17.3 Å². The predicted octanol–water partition coefficient (Wildman–Crippen LogP) is 11.6. The molecule has 28 heteroatoms. The van der Waals surface area contributed by atoms with E-state index in [-0.39, 0.29) is 59.1 Å². The van der Waals surface area contributed by atoms with Crippen LogP contribution in [0, 0.1) is 57.1 Å². The number of hydrogen-bond donors (Lipinski definition) is 3. The van der Waals surface area contributed by atoms with E-state index in [0.29, 0.717) is 0 Å². The van der Waals surface area contributed by atoms with Crippen LogP contribution in [0.1, 0.15) is 62.3 Å². The van der Waals surface area contributed by atoms with Crippen LogP contribution in [0.2, 0.25) is 0 Å². The summed E-state index contributed by atoms with van der Waals surface area (Å²) in [6, 6.07) is 0. The van der Waals surface area contributed by atoms with Crippen molar-refractivity contribution in [3.63, 3.8) is 0 Å². The molecule has 0 saturated carbocycles. The van der Waals surface area contributed by atoms with Gasteiger partial charge in [-0.3, -0.25) is 14.4 Å². The van der Waals surface area contributed by atoms with E-state index < -0.39 is 105 Å². The molecular weight excluding hydrogens is 1000 g/mol. The molecule has 0 rings (SSSR count). The van der Waals surface area contributed by atoms with Gasteiger partial charge in [-0.05, 0) is 0 Å². The van der Waals surface area contributed by atoms with E-state index in [1.807, 2.05) is 0 Å². The number of carbonyl (C=O) groups is 3. The van der Waals surface area contributed by atoms with Crippen LogP contribution in [0.15, 0.2) is 35.5 Å². The van der Waals surface area contributed by atoms with Gasteiger partial charge in [0.1, 0.15) is 17.3 Å². The predicted molar refractivity (Wildman–Crippen MR) is 153 cm³/mol. The Kier molecular flexibility index (Phi) is 20.4. The minimum Gasteiger partial charge on any atom is -0.512 e. The number of rotatable bonds is 9. The number of halogens is 21. The van der Waals surface area contributed by atoms with E-state index in [0.717, 1.165) is 0 Å². The molecule has 0 aromatic heterocycles. The summed E-state index contributed by atoms with van der Waals surface area (Å²) in [5.41, 5.74) is -3.75. The van der Waals surface area contributed by atoms with Gasteiger partial charge in [0.05, 0.1) is 0 Å². The smallest absolute Gasteiger partial charge is 0.460 e. The van der Waals surface area contributed by atoms with Crippen LogP contribution in [-0.2, 0) is 14.4 Å². The molecule has 0 fully saturated rings. The first kappa shape index (κ1) is 62.2. The van der Waals surface area contributed by atoms with E-state index in [2.05, 4.69) is 0 Å². The Morgan fingerprint density at radius 3 is 0.534 bits per heavy atom. The molecule has 0 saturated heterocycles.